The Bertz CT molecular complexity index is 355. The number of piperidine rings is 2. The number of nitrogens with one attached hydrogen (secondary N) is 1. The highest BCUT2D eigenvalue weighted by atomic mass is 35.5. The third kappa shape index (κ3) is 5.20. The number of amides is 1. The predicted octanol–water partition coefficient (Wildman–Crippen LogP) is 1.93. The highest BCUT2D eigenvalue weighted by Gasteiger charge is 2.43. The molecule has 0 aliphatic carbocycles. The lowest BCUT2D eigenvalue weighted by molar-refractivity contribution is -0.160. The Morgan fingerprint density at radius 2 is 1.74 bits per heavy atom. The molecule has 2 rings (SSSR count). The van der Waals surface area contributed by atoms with Gasteiger partial charge >= 0.3 is 0 Å². The summed E-state index contributed by atoms with van der Waals surface area (Å²) in [6.45, 7) is 8.37. The molecular formula is C16H33Cl2N3O2. The van der Waals surface area contributed by atoms with E-state index in [4.69, 9.17) is 4.74 Å². The van der Waals surface area contributed by atoms with Crippen LogP contribution in [0, 0.1) is 0 Å². The van der Waals surface area contributed by atoms with Crippen LogP contribution in [0.25, 0.3) is 0 Å². The fourth-order valence-corrected chi connectivity index (χ4v) is 3.61. The average Bonchev–Trinajstić information content (AvgIpc) is 2.54. The fraction of sp³-hybridized carbons (Fsp3) is 0.938. The molecule has 1 amide bonds. The first-order chi connectivity index (χ1) is 10.00. The maximum Gasteiger partial charge on any atom is 0.254 e. The fourth-order valence-electron chi connectivity index (χ4n) is 3.61. The number of hydrogen-bond donors (Lipinski definition) is 1. The highest BCUT2D eigenvalue weighted by Crippen LogP contribution is 2.27. The topological polar surface area (TPSA) is 44.8 Å². The van der Waals surface area contributed by atoms with Crippen molar-refractivity contribution in [2.24, 2.45) is 0 Å². The molecule has 1 N–H and O–H groups in total. The van der Waals surface area contributed by atoms with Crippen molar-refractivity contribution in [2.45, 2.75) is 57.2 Å². The lowest BCUT2D eigenvalue weighted by Gasteiger charge is -2.43. The normalized spacial score (nSPS) is 22.1. The molecule has 0 bridgehead atoms. The Kier molecular flexibility index (Phi) is 10.0. The molecule has 0 saturated carbocycles. The van der Waals surface area contributed by atoms with E-state index in [0.717, 1.165) is 51.9 Å². The zero-order valence-electron chi connectivity index (χ0n) is 14.8. The Balaban J connectivity index is 0.00000242. The third-order valence-electron chi connectivity index (χ3n) is 5.29. The Hall–Kier alpha value is -0.0700. The molecule has 0 aromatic carbocycles. The summed E-state index contributed by atoms with van der Waals surface area (Å²) in [5.41, 5.74) is -0.602. The van der Waals surface area contributed by atoms with Crippen molar-refractivity contribution >= 4 is 30.7 Å². The molecule has 0 aromatic rings. The van der Waals surface area contributed by atoms with Crippen LogP contribution < -0.4 is 5.32 Å². The molecule has 0 unspecified atom stereocenters. The van der Waals surface area contributed by atoms with E-state index >= 15 is 0 Å². The van der Waals surface area contributed by atoms with Crippen LogP contribution in [0.5, 0.6) is 0 Å². The van der Waals surface area contributed by atoms with Crippen molar-refractivity contribution in [3.8, 4) is 0 Å². The van der Waals surface area contributed by atoms with Crippen LogP contribution in [-0.2, 0) is 9.53 Å². The molecule has 2 aliphatic rings. The summed E-state index contributed by atoms with van der Waals surface area (Å²) in [5, 5.41) is 3.31. The van der Waals surface area contributed by atoms with Crippen LogP contribution in [0.4, 0.5) is 0 Å². The number of likely N-dealkylation sites (N-methyl/N-ethyl adjacent to an activating group) is 1. The molecule has 5 nitrogen and oxygen atoms in total. The van der Waals surface area contributed by atoms with Gasteiger partial charge in [-0.25, -0.2) is 0 Å². The second-order valence-electron chi connectivity index (χ2n) is 6.73. The SMILES string of the molecule is COC1(C(=O)N(C)C2CCN(C(C)C)CC2)CCNCC1.Cl.Cl. The molecule has 0 atom stereocenters. The summed E-state index contributed by atoms with van der Waals surface area (Å²) in [6.07, 6.45) is 3.69. The van der Waals surface area contributed by atoms with E-state index in [1.165, 1.54) is 0 Å². The van der Waals surface area contributed by atoms with Gasteiger partial charge in [-0.05, 0) is 52.6 Å². The smallest absolute Gasteiger partial charge is 0.254 e. The first-order valence-electron chi connectivity index (χ1n) is 8.27. The molecule has 23 heavy (non-hydrogen) atoms. The van der Waals surface area contributed by atoms with Crippen LogP contribution in [0.1, 0.15) is 39.5 Å². The van der Waals surface area contributed by atoms with Crippen molar-refractivity contribution in [2.75, 3.05) is 40.3 Å². The van der Waals surface area contributed by atoms with Gasteiger partial charge in [-0.15, -0.1) is 24.8 Å². The number of ether oxygens (including phenoxy) is 1. The first-order valence-corrected chi connectivity index (χ1v) is 8.27. The van der Waals surface area contributed by atoms with Crippen molar-refractivity contribution in [3.05, 3.63) is 0 Å². The van der Waals surface area contributed by atoms with Gasteiger partial charge in [0.05, 0.1) is 0 Å². The minimum atomic E-state index is -0.602. The molecule has 7 heteroatoms. The van der Waals surface area contributed by atoms with E-state index in [-0.39, 0.29) is 30.7 Å². The maximum atomic E-state index is 12.9. The number of nitrogens with zero attached hydrogens (tertiary/aromatic N) is 2. The van der Waals surface area contributed by atoms with Crippen LogP contribution in [-0.4, -0.2) is 73.7 Å². The van der Waals surface area contributed by atoms with Gasteiger partial charge in [0.25, 0.3) is 5.91 Å². The van der Waals surface area contributed by atoms with Gasteiger partial charge in [-0.1, -0.05) is 0 Å². The predicted molar refractivity (Wildman–Crippen MR) is 98.8 cm³/mol. The number of halogens is 2. The molecule has 0 spiro atoms. The van der Waals surface area contributed by atoms with Gasteiger partial charge in [0.1, 0.15) is 5.60 Å². The summed E-state index contributed by atoms with van der Waals surface area (Å²) < 4.78 is 5.67. The quantitative estimate of drug-likeness (QED) is 0.822. The van der Waals surface area contributed by atoms with Gasteiger partial charge in [0.15, 0.2) is 0 Å². The van der Waals surface area contributed by atoms with Crippen LogP contribution in [0.15, 0.2) is 0 Å². The third-order valence-corrected chi connectivity index (χ3v) is 5.29. The minimum Gasteiger partial charge on any atom is -0.368 e. The minimum absolute atomic E-state index is 0. The number of likely N-dealkylation sites (tertiary alicyclic amines) is 1. The van der Waals surface area contributed by atoms with Gasteiger partial charge in [-0.3, -0.25) is 4.79 Å². The number of hydrogen-bond acceptors (Lipinski definition) is 4. The molecule has 2 aliphatic heterocycles. The summed E-state index contributed by atoms with van der Waals surface area (Å²) in [6, 6.07) is 0.955. The zero-order chi connectivity index (χ0) is 15.5. The van der Waals surface area contributed by atoms with E-state index in [1.807, 2.05) is 11.9 Å². The number of carbonyl (C=O) groups excluding carboxylic acids is 1. The Labute approximate surface area is 153 Å². The van der Waals surface area contributed by atoms with Crippen LogP contribution in [0.2, 0.25) is 0 Å². The molecule has 2 fully saturated rings. The lowest BCUT2D eigenvalue weighted by Crippen LogP contribution is -2.58. The van der Waals surface area contributed by atoms with E-state index in [0.29, 0.717) is 12.1 Å². The van der Waals surface area contributed by atoms with Gasteiger partial charge in [0.2, 0.25) is 0 Å². The van der Waals surface area contributed by atoms with Gasteiger partial charge < -0.3 is 19.9 Å². The summed E-state index contributed by atoms with van der Waals surface area (Å²) in [4.78, 5) is 17.4. The summed E-state index contributed by atoms with van der Waals surface area (Å²) in [7, 11) is 3.64. The van der Waals surface area contributed by atoms with Gasteiger partial charge in [-0.2, -0.15) is 0 Å². The number of carbonyl (C=O) groups is 1. The zero-order valence-corrected chi connectivity index (χ0v) is 16.5. The van der Waals surface area contributed by atoms with Crippen molar-refractivity contribution in [1.29, 1.82) is 0 Å². The molecule has 2 heterocycles. The maximum absolute atomic E-state index is 12.9. The van der Waals surface area contributed by atoms with Crippen LogP contribution >= 0.6 is 24.8 Å². The Morgan fingerprint density at radius 3 is 2.17 bits per heavy atom. The second kappa shape index (κ2) is 10.0. The monoisotopic (exact) mass is 369 g/mol. The van der Waals surface area contributed by atoms with Crippen molar-refractivity contribution < 1.29 is 9.53 Å². The van der Waals surface area contributed by atoms with Crippen molar-refractivity contribution in [1.82, 2.24) is 15.1 Å². The average molecular weight is 370 g/mol. The van der Waals surface area contributed by atoms with E-state index < -0.39 is 5.60 Å². The molecule has 0 radical (unpaired) electrons. The first kappa shape index (κ1) is 22.9. The van der Waals surface area contributed by atoms with E-state index in [9.17, 15) is 4.79 Å². The number of methoxy groups -OCH3 is 1. The van der Waals surface area contributed by atoms with Crippen LogP contribution in [0.3, 0.4) is 0 Å². The lowest BCUT2D eigenvalue weighted by atomic mass is 9.89. The van der Waals surface area contributed by atoms with E-state index in [1.54, 1.807) is 7.11 Å². The number of rotatable bonds is 4. The summed E-state index contributed by atoms with van der Waals surface area (Å²) >= 11 is 0. The van der Waals surface area contributed by atoms with Crippen molar-refractivity contribution in [3.63, 3.8) is 0 Å². The summed E-state index contributed by atoms with van der Waals surface area (Å²) in [5.74, 6) is 0.175. The van der Waals surface area contributed by atoms with Gasteiger partial charge in [0, 0.05) is 39.3 Å². The highest BCUT2D eigenvalue weighted by molar-refractivity contribution is 5.86. The Morgan fingerprint density at radius 1 is 1.22 bits per heavy atom. The molecular weight excluding hydrogens is 337 g/mol. The largest absolute Gasteiger partial charge is 0.368 e. The second-order valence-corrected chi connectivity index (χ2v) is 6.73. The standard InChI is InChI=1S/C16H31N3O2.2ClH/c1-13(2)19-11-5-14(6-12-19)18(3)15(20)16(21-4)7-9-17-10-8-16;;/h13-14,17H,5-12H2,1-4H3;2*1H. The molecule has 138 valence electrons. The molecule has 2 saturated heterocycles. The molecule has 0 aromatic heterocycles. The van der Waals surface area contributed by atoms with E-state index in [2.05, 4.69) is 24.1 Å².